The molecule has 1 unspecified atom stereocenters. The molecule has 0 aromatic carbocycles. The zero-order chi connectivity index (χ0) is 14.0. The average Bonchev–Trinajstić information content (AvgIpc) is 2.44. The van der Waals surface area contributed by atoms with Gasteiger partial charge in [-0.05, 0) is 70.4 Å². The predicted molar refractivity (Wildman–Crippen MR) is 76.7 cm³/mol. The third kappa shape index (κ3) is 3.17. The molecule has 4 heteroatoms. The number of hydrogen-bond donors (Lipinski definition) is 1. The van der Waals surface area contributed by atoms with Crippen molar-refractivity contribution >= 4 is 5.97 Å². The molecule has 2 aliphatic heterocycles. The predicted octanol–water partition coefficient (Wildman–Crippen LogP) is 2.66. The van der Waals surface area contributed by atoms with Crippen LogP contribution in [-0.2, 0) is 9.53 Å². The van der Waals surface area contributed by atoms with Crippen molar-refractivity contribution < 1.29 is 14.6 Å². The van der Waals surface area contributed by atoms with Gasteiger partial charge < -0.3 is 14.7 Å². The van der Waals surface area contributed by atoms with Crippen LogP contribution < -0.4 is 0 Å². The molecule has 0 amide bonds. The van der Waals surface area contributed by atoms with Crippen molar-refractivity contribution in [2.75, 3.05) is 19.7 Å². The summed E-state index contributed by atoms with van der Waals surface area (Å²) in [6, 6.07) is 0.712. The maximum Gasteiger partial charge on any atom is 0.303 e. The maximum absolute atomic E-state index is 10.6. The maximum atomic E-state index is 10.6. The Morgan fingerprint density at radius 2 is 2.00 bits per heavy atom. The van der Waals surface area contributed by atoms with Gasteiger partial charge in [0, 0.05) is 19.1 Å². The molecule has 0 radical (unpaired) electrons. The summed E-state index contributed by atoms with van der Waals surface area (Å²) in [5.41, 5.74) is 0.239. The highest BCUT2D eigenvalue weighted by atomic mass is 16.5. The topological polar surface area (TPSA) is 49.8 Å². The van der Waals surface area contributed by atoms with E-state index in [0.29, 0.717) is 18.4 Å². The van der Waals surface area contributed by atoms with E-state index in [1.165, 1.54) is 44.9 Å². The third-order valence-corrected chi connectivity index (χ3v) is 5.66. The number of carboxylic acid groups (broad SMARTS) is 1. The standard InChI is InChI=1S/C16H27NO3/c18-15(19)3-2-13-4-9-17(10-5-13)14-6-11-20-16(12-14)7-1-8-16/h13-14H,1-12H2,(H,18,19). The van der Waals surface area contributed by atoms with Crippen LogP contribution in [0.1, 0.15) is 57.8 Å². The van der Waals surface area contributed by atoms with Crippen LogP contribution >= 0.6 is 0 Å². The quantitative estimate of drug-likeness (QED) is 0.860. The second-order valence-electron chi connectivity index (χ2n) is 6.94. The van der Waals surface area contributed by atoms with E-state index in [0.717, 1.165) is 26.1 Å². The number of nitrogens with zero attached hydrogens (tertiary/aromatic N) is 1. The highest BCUT2D eigenvalue weighted by molar-refractivity contribution is 5.66. The minimum absolute atomic E-state index is 0.239. The van der Waals surface area contributed by atoms with Crippen molar-refractivity contribution in [1.29, 1.82) is 0 Å². The summed E-state index contributed by atoms with van der Waals surface area (Å²) < 4.78 is 6.02. The lowest BCUT2D eigenvalue weighted by Crippen LogP contribution is -2.53. The molecule has 1 aliphatic carbocycles. The lowest BCUT2D eigenvalue weighted by molar-refractivity contribution is -0.150. The third-order valence-electron chi connectivity index (χ3n) is 5.66. The normalized spacial score (nSPS) is 31.1. The fraction of sp³-hybridized carbons (Fsp3) is 0.938. The fourth-order valence-electron chi connectivity index (χ4n) is 4.17. The molecule has 0 bridgehead atoms. The average molecular weight is 281 g/mol. The summed E-state index contributed by atoms with van der Waals surface area (Å²) in [5, 5.41) is 8.77. The van der Waals surface area contributed by atoms with Crippen molar-refractivity contribution in [3.63, 3.8) is 0 Å². The van der Waals surface area contributed by atoms with Gasteiger partial charge >= 0.3 is 5.97 Å². The molecular weight excluding hydrogens is 254 g/mol. The highest BCUT2D eigenvalue weighted by Crippen LogP contribution is 2.43. The number of ether oxygens (including phenoxy) is 1. The molecule has 2 heterocycles. The van der Waals surface area contributed by atoms with E-state index in [9.17, 15) is 4.79 Å². The van der Waals surface area contributed by atoms with Gasteiger partial charge in [0.2, 0.25) is 0 Å². The molecule has 3 aliphatic rings. The van der Waals surface area contributed by atoms with E-state index in [-0.39, 0.29) is 5.60 Å². The summed E-state index contributed by atoms with van der Waals surface area (Å²) in [5.74, 6) is -0.0244. The summed E-state index contributed by atoms with van der Waals surface area (Å²) in [6.07, 6.45) is 9.83. The smallest absolute Gasteiger partial charge is 0.303 e. The zero-order valence-electron chi connectivity index (χ0n) is 12.4. The Labute approximate surface area is 121 Å². The second kappa shape index (κ2) is 6.02. The number of hydrogen-bond acceptors (Lipinski definition) is 3. The number of piperidine rings is 1. The number of carbonyl (C=O) groups is 1. The molecule has 0 aromatic heterocycles. The van der Waals surface area contributed by atoms with E-state index in [1.807, 2.05) is 0 Å². The van der Waals surface area contributed by atoms with Crippen LogP contribution in [0.15, 0.2) is 0 Å². The first-order valence-corrected chi connectivity index (χ1v) is 8.27. The molecule has 3 fully saturated rings. The van der Waals surface area contributed by atoms with Crippen LogP contribution in [0.2, 0.25) is 0 Å². The van der Waals surface area contributed by atoms with Crippen LogP contribution in [0.4, 0.5) is 0 Å². The zero-order valence-corrected chi connectivity index (χ0v) is 12.4. The Morgan fingerprint density at radius 3 is 2.60 bits per heavy atom. The Kier molecular flexibility index (Phi) is 4.32. The largest absolute Gasteiger partial charge is 0.481 e. The molecule has 1 saturated carbocycles. The first-order valence-electron chi connectivity index (χ1n) is 8.27. The van der Waals surface area contributed by atoms with Crippen LogP contribution in [0, 0.1) is 5.92 Å². The molecule has 1 spiro atoms. The molecule has 1 N–H and O–H groups in total. The Morgan fingerprint density at radius 1 is 1.25 bits per heavy atom. The summed E-state index contributed by atoms with van der Waals surface area (Å²) in [7, 11) is 0. The van der Waals surface area contributed by atoms with Crippen molar-refractivity contribution in [3.05, 3.63) is 0 Å². The van der Waals surface area contributed by atoms with Crippen molar-refractivity contribution in [2.24, 2.45) is 5.92 Å². The van der Waals surface area contributed by atoms with E-state index in [2.05, 4.69) is 4.90 Å². The Hall–Kier alpha value is -0.610. The van der Waals surface area contributed by atoms with E-state index >= 15 is 0 Å². The molecule has 20 heavy (non-hydrogen) atoms. The summed E-state index contributed by atoms with van der Waals surface area (Å²) in [4.78, 5) is 13.3. The van der Waals surface area contributed by atoms with Crippen LogP contribution in [0.25, 0.3) is 0 Å². The summed E-state index contributed by atoms with van der Waals surface area (Å²) >= 11 is 0. The van der Waals surface area contributed by atoms with Gasteiger partial charge in [0.15, 0.2) is 0 Å². The SMILES string of the molecule is O=C(O)CCC1CCN(C2CCOC3(CCC3)C2)CC1. The van der Waals surface area contributed by atoms with Crippen LogP contribution in [-0.4, -0.2) is 47.3 Å². The monoisotopic (exact) mass is 281 g/mol. The Bertz CT molecular complexity index is 346. The minimum atomic E-state index is -0.649. The van der Waals surface area contributed by atoms with Crippen LogP contribution in [0.3, 0.4) is 0 Å². The van der Waals surface area contributed by atoms with Crippen molar-refractivity contribution in [3.8, 4) is 0 Å². The molecular formula is C16H27NO3. The van der Waals surface area contributed by atoms with Gasteiger partial charge in [-0.3, -0.25) is 4.79 Å². The number of carboxylic acids is 1. The first-order chi connectivity index (χ1) is 9.67. The van der Waals surface area contributed by atoms with Gasteiger partial charge in [-0.2, -0.15) is 0 Å². The van der Waals surface area contributed by atoms with Crippen molar-refractivity contribution in [1.82, 2.24) is 4.90 Å². The lowest BCUT2D eigenvalue weighted by Gasteiger charge is -2.50. The van der Waals surface area contributed by atoms with Gasteiger partial charge in [-0.25, -0.2) is 0 Å². The molecule has 3 rings (SSSR count). The first kappa shape index (κ1) is 14.3. The molecule has 114 valence electrons. The van der Waals surface area contributed by atoms with Crippen molar-refractivity contribution in [2.45, 2.75) is 69.4 Å². The van der Waals surface area contributed by atoms with Crippen LogP contribution in [0.5, 0.6) is 0 Å². The van der Waals surface area contributed by atoms with Gasteiger partial charge in [0.25, 0.3) is 0 Å². The minimum Gasteiger partial charge on any atom is -0.481 e. The lowest BCUT2D eigenvalue weighted by atomic mass is 9.73. The second-order valence-corrected chi connectivity index (χ2v) is 6.94. The fourth-order valence-corrected chi connectivity index (χ4v) is 4.17. The summed E-state index contributed by atoms with van der Waals surface area (Å²) in [6.45, 7) is 3.25. The number of aliphatic carboxylic acids is 1. The Balaban J connectivity index is 1.44. The molecule has 1 atom stereocenters. The highest BCUT2D eigenvalue weighted by Gasteiger charge is 2.44. The van der Waals surface area contributed by atoms with E-state index in [1.54, 1.807) is 0 Å². The van der Waals surface area contributed by atoms with Gasteiger partial charge in [0.1, 0.15) is 0 Å². The van der Waals surface area contributed by atoms with Gasteiger partial charge in [-0.15, -0.1) is 0 Å². The van der Waals surface area contributed by atoms with Gasteiger partial charge in [0.05, 0.1) is 5.60 Å². The molecule has 0 aromatic rings. The van der Waals surface area contributed by atoms with Gasteiger partial charge in [-0.1, -0.05) is 0 Å². The number of likely N-dealkylation sites (tertiary alicyclic amines) is 1. The molecule has 2 saturated heterocycles. The number of rotatable bonds is 4. The molecule has 4 nitrogen and oxygen atoms in total. The van der Waals surface area contributed by atoms with E-state index < -0.39 is 5.97 Å². The van der Waals surface area contributed by atoms with E-state index in [4.69, 9.17) is 9.84 Å².